The monoisotopic (exact) mass is 602 g/mol. The summed E-state index contributed by atoms with van der Waals surface area (Å²) in [6, 6.07) is 45.5. The molecule has 0 atom stereocenters. The first-order valence-corrected chi connectivity index (χ1v) is 15.4. The van der Waals surface area contributed by atoms with Crippen LogP contribution in [-0.4, -0.2) is 14.5 Å². The van der Waals surface area contributed by atoms with E-state index in [-0.39, 0.29) is 14.5 Å². The van der Waals surface area contributed by atoms with E-state index in [0.29, 0.717) is 19.8 Å². The number of benzene rings is 5. The van der Waals surface area contributed by atoms with Crippen LogP contribution < -0.4 is 14.2 Å². The Morgan fingerprint density at radius 2 is 0.976 bits per heavy atom. The van der Waals surface area contributed by atoms with E-state index in [0.717, 1.165) is 33.9 Å². The molecule has 0 amide bonds. The van der Waals surface area contributed by atoms with Crippen LogP contribution in [-0.2, 0) is 19.8 Å². The molecule has 0 saturated heterocycles. The summed E-state index contributed by atoms with van der Waals surface area (Å²) in [7, 11) is 0. The molecule has 5 aromatic carbocycles. The number of hydrogen-bond acceptors (Lipinski definition) is 3. The van der Waals surface area contributed by atoms with Gasteiger partial charge in [0.1, 0.15) is 0 Å². The van der Waals surface area contributed by atoms with Gasteiger partial charge >= 0.3 is 248 Å². The van der Waals surface area contributed by atoms with Gasteiger partial charge in [-0.15, -0.1) is 0 Å². The van der Waals surface area contributed by atoms with Crippen molar-refractivity contribution < 1.29 is 14.2 Å². The van der Waals surface area contributed by atoms with Gasteiger partial charge in [-0.1, -0.05) is 0 Å². The Bertz CT molecular complexity index is 1660. The summed E-state index contributed by atoms with van der Waals surface area (Å²) in [6.07, 6.45) is 4.36. The van der Waals surface area contributed by atoms with Crippen molar-refractivity contribution >= 4 is 36.3 Å². The maximum atomic E-state index is 6.18. The predicted octanol–water partition coefficient (Wildman–Crippen LogP) is 8.80. The number of rotatable bonds is 11. The molecule has 6 aromatic rings. The molecule has 0 N–H and O–H groups in total. The summed E-state index contributed by atoms with van der Waals surface area (Å²) in [6.45, 7) is 1.58. The quantitative estimate of drug-likeness (QED) is 0.139. The molecular weight excluding hydrogens is 571 g/mol. The fourth-order valence-corrected chi connectivity index (χ4v) is 6.55. The van der Waals surface area contributed by atoms with Crippen molar-refractivity contribution in [2.24, 2.45) is 0 Å². The van der Waals surface area contributed by atoms with E-state index in [4.69, 9.17) is 14.2 Å². The topological polar surface area (TPSA) is 27.7 Å². The Labute approximate surface area is 247 Å². The molecule has 3 nitrogen and oxygen atoms in total. The zero-order valence-electron chi connectivity index (χ0n) is 22.6. The minimum atomic E-state index is 0.214. The second-order valence-corrected chi connectivity index (χ2v) is 12.1. The summed E-state index contributed by atoms with van der Waals surface area (Å²) in [5.41, 5.74) is 4.47. The van der Waals surface area contributed by atoms with E-state index in [1.54, 1.807) is 0 Å². The SMILES string of the molecule is C(=C\c1cc2ccc(OCc3ccccc3)cc2[se]1)/c1cc(OCc2ccccc2)cc(OCc2ccccc2)c1. The maximum absolute atomic E-state index is 6.18. The van der Waals surface area contributed by atoms with Gasteiger partial charge in [-0.2, -0.15) is 0 Å². The van der Waals surface area contributed by atoms with E-state index >= 15 is 0 Å². The van der Waals surface area contributed by atoms with Gasteiger partial charge < -0.3 is 0 Å². The van der Waals surface area contributed by atoms with E-state index in [1.807, 2.05) is 60.7 Å². The molecule has 1 aromatic heterocycles. The Balaban J connectivity index is 1.19. The summed E-state index contributed by atoms with van der Waals surface area (Å²) in [4.78, 5) is 0. The van der Waals surface area contributed by atoms with Gasteiger partial charge in [-0.25, -0.2) is 0 Å². The molecule has 0 bridgehead atoms. The van der Waals surface area contributed by atoms with Crippen LogP contribution in [0.1, 0.15) is 26.7 Å². The molecule has 0 fully saturated rings. The van der Waals surface area contributed by atoms with Crippen molar-refractivity contribution in [3.63, 3.8) is 0 Å². The molecule has 0 aliphatic carbocycles. The standard InChI is InChI=1S/C37H30O3Se/c1-4-10-28(11-5-1)25-38-33-18-17-32-22-36(41-37(32)24-33)19-16-31-20-34(39-26-29-12-6-2-7-13-29)23-35(21-31)40-27-30-14-8-3-9-15-30/h1-24H,25-27H2/b19-16+. The summed E-state index contributed by atoms with van der Waals surface area (Å²) in [5, 5.41) is 1.27. The first kappa shape index (κ1) is 26.7. The van der Waals surface area contributed by atoms with Gasteiger partial charge in [0.05, 0.1) is 0 Å². The Morgan fingerprint density at radius 1 is 0.463 bits per heavy atom. The summed E-state index contributed by atoms with van der Waals surface area (Å²) < 4.78 is 21.1. The van der Waals surface area contributed by atoms with Crippen LogP contribution in [0.4, 0.5) is 0 Å². The molecule has 0 radical (unpaired) electrons. The van der Waals surface area contributed by atoms with Gasteiger partial charge in [0.25, 0.3) is 0 Å². The first-order chi connectivity index (χ1) is 20.3. The van der Waals surface area contributed by atoms with Crippen LogP contribution in [0.3, 0.4) is 0 Å². The molecule has 202 valence electrons. The van der Waals surface area contributed by atoms with E-state index in [2.05, 4.69) is 84.9 Å². The average molecular weight is 602 g/mol. The molecule has 0 saturated carbocycles. The van der Waals surface area contributed by atoms with Gasteiger partial charge in [-0.3, -0.25) is 0 Å². The molecule has 0 aliphatic rings. The third-order valence-corrected chi connectivity index (χ3v) is 8.83. The van der Waals surface area contributed by atoms with Crippen LogP contribution in [0.5, 0.6) is 17.2 Å². The summed E-state index contributed by atoms with van der Waals surface area (Å²) in [5.74, 6) is 2.48. The molecule has 4 heteroatoms. The van der Waals surface area contributed by atoms with Crippen LogP contribution in [0.25, 0.3) is 21.8 Å². The van der Waals surface area contributed by atoms with Crippen LogP contribution in [0, 0.1) is 0 Å². The average Bonchev–Trinajstić information content (AvgIpc) is 3.45. The fourth-order valence-electron chi connectivity index (χ4n) is 4.46. The second kappa shape index (κ2) is 13.2. The number of hydrogen-bond donors (Lipinski definition) is 0. The van der Waals surface area contributed by atoms with Crippen molar-refractivity contribution in [2.75, 3.05) is 0 Å². The van der Waals surface area contributed by atoms with Gasteiger partial charge in [0.2, 0.25) is 0 Å². The summed E-state index contributed by atoms with van der Waals surface area (Å²) >= 11 is 0.214. The molecule has 0 spiro atoms. The molecule has 1 heterocycles. The van der Waals surface area contributed by atoms with Crippen molar-refractivity contribution in [1.29, 1.82) is 0 Å². The zero-order valence-corrected chi connectivity index (χ0v) is 24.3. The molecular formula is C37H30O3Se. The van der Waals surface area contributed by atoms with Gasteiger partial charge in [0, 0.05) is 0 Å². The number of fused-ring (bicyclic) bond motifs is 1. The molecule has 41 heavy (non-hydrogen) atoms. The molecule has 6 rings (SSSR count). The van der Waals surface area contributed by atoms with E-state index < -0.39 is 0 Å². The fraction of sp³-hybridized carbons (Fsp3) is 0.0811. The Morgan fingerprint density at radius 3 is 1.51 bits per heavy atom. The minimum absolute atomic E-state index is 0.214. The van der Waals surface area contributed by atoms with Gasteiger partial charge in [-0.05, 0) is 0 Å². The molecule has 0 unspecified atom stereocenters. The van der Waals surface area contributed by atoms with Crippen molar-refractivity contribution in [3.05, 3.63) is 160 Å². The Kier molecular flexibility index (Phi) is 8.62. The van der Waals surface area contributed by atoms with Crippen molar-refractivity contribution in [1.82, 2.24) is 0 Å². The van der Waals surface area contributed by atoms with Crippen molar-refractivity contribution in [2.45, 2.75) is 19.8 Å². The van der Waals surface area contributed by atoms with Crippen molar-refractivity contribution in [3.8, 4) is 17.2 Å². The van der Waals surface area contributed by atoms with E-state index in [1.165, 1.54) is 19.6 Å². The second-order valence-electron chi connectivity index (χ2n) is 9.74. The third-order valence-electron chi connectivity index (χ3n) is 6.60. The van der Waals surface area contributed by atoms with Crippen LogP contribution in [0.2, 0.25) is 0 Å². The molecule has 0 aliphatic heterocycles. The van der Waals surface area contributed by atoms with E-state index in [9.17, 15) is 0 Å². The number of ether oxygens (including phenoxy) is 3. The Hall–Kier alpha value is -4.50. The van der Waals surface area contributed by atoms with Crippen LogP contribution in [0.15, 0.2) is 133 Å². The third kappa shape index (κ3) is 7.58. The zero-order chi connectivity index (χ0) is 27.7. The normalized spacial score (nSPS) is 11.1. The van der Waals surface area contributed by atoms with Crippen LogP contribution >= 0.6 is 0 Å². The van der Waals surface area contributed by atoms with Gasteiger partial charge in [0.15, 0.2) is 0 Å². The first-order valence-electron chi connectivity index (χ1n) is 13.6. The predicted molar refractivity (Wildman–Crippen MR) is 169 cm³/mol.